The number of anilines is 2. The van der Waals surface area contributed by atoms with Gasteiger partial charge in [-0.25, -0.2) is 9.97 Å². The molecule has 7 nitrogen and oxygen atoms in total. The lowest BCUT2D eigenvalue weighted by atomic mass is 10.2. The summed E-state index contributed by atoms with van der Waals surface area (Å²) < 4.78 is 0. The van der Waals surface area contributed by atoms with Crippen molar-refractivity contribution in [3.63, 3.8) is 0 Å². The van der Waals surface area contributed by atoms with Crippen LogP contribution in [0.15, 0.2) is 52.8 Å². The lowest BCUT2D eigenvalue weighted by molar-refractivity contribution is 0.912. The Kier molecular flexibility index (Phi) is 4.93. The molecule has 2 N–H and O–H groups in total. The molecule has 0 aliphatic carbocycles. The van der Waals surface area contributed by atoms with E-state index in [9.17, 15) is 0 Å². The zero-order chi connectivity index (χ0) is 17.6. The molecule has 3 rings (SSSR count). The molecular formula is C17H13N7S. The van der Waals surface area contributed by atoms with Gasteiger partial charge in [0, 0.05) is 16.5 Å². The maximum atomic E-state index is 8.94. The molecule has 2 heterocycles. The Bertz CT molecular complexity index is 969. The summed E-state index contributed by atoms with van der Waals surface area (Å²) in [5.74, 6) is 0.383. The minimum atomic E-state index is 0.0225. The maximum absolute atomic E-state index is 8.94. The zero-order valence-corrected chi connectivity index (χ0v) is 13.9. The van der Waals surface area contributed by atoms with Crippen LogP contribution in [0.1, 0.15) is 0 Å². The van der Waals surface area contributed by atoms with Crippen LogP contribution in [0.25, 0.3) is 10.9 Å². The second-order valence-electron chi connectivity index (χ2n) is 5.02. The molecule has 8 heteroatoms. The number of nitrogen functional groups attached to an aromatic ring is 1. The van der Waals surface area contributed by atoms with Crippen molar-refractivity contribution in [1.82, 2.24) is 15.0 Å². The van der Waals surface area contributed by atoms with Gasteiger partial charge in [-0.15, -0.1) is 0 Å². The van der Waals surface area contributed by atoms with Crippen molar-refractivity contribution >= 4 is 34.2 Å². The van der Waals surface area contributed by atoms with Crippen molar-refractivity contribution in [2.45, 2.75) is 9.92 Å². The van der Waals surface area contributed by atoms with Crippen molar-refractivity contribution in [2.75, 3.05) is 23.7 Å². The monoisotopic (exact) mass is 347 g/mol. The third-order valence-electron chi connectivity index (χ3n) is 3.45. The quantitative estimate of drug-likeness (QED) is 0.553. The highest BCUT2D eigenvalue weighted by molar-refractivity contribution is 7.99. The number of rotatable bonds is 5. The second kappa shape index (κ2) is 7.47. The zero-order valence-electron chi connectivity index (χ0n) is 13.1. The van der Waals surface area contributed by atoms with Crippen LogP contribution in [0.3, 0.4) is 0 Å². The summed E-state index contributed by atoms with van der Waals surface area (Å²) in [6.45, 7) is 0.0450. The molecule has 0 amide bonds. The van der Waals surface area contributed by atoms with E-state index in [0.29, 0.717) is 16.5 Å². The molecule has 1 aromatic carbocycles. The molecule has 25 heavy (non-hydrogen) atoms. The van der Waals surface area contributed by atoms with Crippen molar-refractivity contribution in [3.05, 3.63) is 42.9 Å². The molecule has 0 bridgehead atoms. The first kappa shape index (κ1) is 16.5. The van der Waals surface area contributed by atoms with Crippen LogP contribution in [0.4, 0.5) is 11.5 Å². The molecule has 0 spiro atoms. The van der Waals surface area contributed by atoms with E-state index in [1.165, 1.54) is 23.0 Å². The molecule has 3 aromatic rings. The minimum absolute atomic E-state index is 0.0225. The van der Waals surface area contributed by atoms with E-state index in [1.807, 2.05) is 42.5 Å². The summed E-state index contributed by atoms with van der Waals surface area (Å²) in [5.41, 5.74) is 7.41. The van der Waals surface area contributed by atoms with Gasteiger partial charge >= 0.3 is 0 Å². The Morgan fingerprint density at radius 3 is 2.56 bits per heavy atom. The molecule has 0 aliphatic rings. The van der Waals surface area contributed by atoms with Gasteiger partial charge in [-0.3, -0.25) is 4.98 Å². The normalized spacial score (nSPS) is 10.2. The van der Waals surface area contributed by atoms with Crippen molar-refractivity contribution < 1.29 is 0 Å². The van der Waals surface area contributed by atoms with E-state index >= 15 is 0 Å². The number of fused-ring (bicyclic) bond motifs is 1. The fraction of sp³-hybridized carbons (Fsp3) is 0.118. The molecule has 0 saturated heterocycles. The SMILES string of the molecule is N#CCN(CC#N)c1ncnc(Sc2cccc3cccnc23)c1N. The number of nitrogens with two attached hydrogens (primary N) is 1. The van der Waals surface area contributed by atoms with Crippen LogP contribution < -0.4 is 10.6 Å². The summed E-state index contributed by atoms with van der Waals surface area (Å²) in [4.78, 5) is 15.2. The molecule has 0 atom stereocenters. The molecule has 2 aromatic heterocycles. The topological polar surface area (TPSA) is 116 Å². The average Bonchev–Trinajstić information content (AvgIpc) is 2.64. The first-order chi connectivity index (χ1) is 12.2. The molecular weight excluding hydrogens is 334 g/mol. The highest BCUT2D eigenvalue weighted by Gasteiger charge is 2.16. The van der Waals surface area contributed by atoms with Gasteiger partial charge in [0.1, 0.15) is 30.1 Å². The van der Waals surface area contributed by atoms with Gasteiger partial charge in [0.15, 0.2) is 5.82 Å². The van der Waals surface area contributed by atoms with E-state index < -0.39 is 0 Å². The van der Waals surface area contributed by atoms with Gasteiger partial charge in [0.25, 0.3) is 0 Å². The lowest BCUT2D eigenvalue weighted by Crippen LogP contribution is -2.26. The Morgan fingerprint density at radius 1 is 1.04 bits per heavy atom. The van der Waals surface area contributed by atoms with Gasteiger partial charge < -0.3 is 10.6 Å². The summed E-state index contributed by atoms with van der Waals surface area (Å²) in [6, 6.07) is 13.8. The van der Waals surface area contributed by atoms with Gasteiger partial charge in [-0.05, 0) is 12.1 Å². The van der Waals surface area contributed by atoms with Gasteiger partial charge in [-0.2, -0.15) is 10.5 Å². The fourth-order valence-electron chi connectivity index (χ4n) is 2.34. The second-order valence-corrected chi connectivity index (χ2v) is 6.05. The van der Waals surface area contributed by atoms with Crippen LogP contribution in [0.2, 0.25) is 0 Å². The summed E-state index contributed by atoms with van der Waals surface area (Å²) in [5, 5.41) is 19.5. The van der Waals surface area contributed by atoms with Crippen LogP contribution in [-0.2, 0) is 0 Å². The van der Waals surface area contributed by atoms with E-state index in [2.05, 4.69) is 15.0 Å². The molecule has 0 unspecified atom stereocenters. The van der Waals surface area contributed by atoms with Crippen molar-refractivity contribution in [2.24, 2.45) is 0 Å². The van der Waals surface area contributed by atoms with E-state index in [-0.39, 0.29) is 13.1 Å². The van der Waals surface area contributed by atoms with Crippen LogP contribution >= 0.6 is 11.8 Å². The molecule has 0 fully saturated rings. The Labute approximate surface area is 148 Å². The number of hydrogen-bond acceptors (Lipinski definition) is 8. The number of nitriles is 2. The largest absolute Gasteiger partial charge is 0.394 e. The summed E-state index contributed by atoms with van der Waals surface area (Å²) in [7, 11) is 0. The van der Waals surface area contributed by atoms with Gasteiger partial charge in [-0.1, -0.05) is 30.0 Å². The van der Waals surface area contributed by atoms with E-state index in [4.69, 9.17) is 16.3 Å². The first-order valence-corrected chi connectivity index (χ1v) is 8.17. The van der Waals surface area contributed by atoms with Gasteiger partial charge in [0.05, 0.1) is 17.7 Å². The predicted molar refractivity (Wildman–Crippen MR) is 95.7 cm³/mol. The highest BCUT2D eigenvalue weighted by atomic mass is 32.2. The number of benzene rings is 1. The minimum Gasteiger partial charge on any atom is -0.394 e. The first-order valence-electron chi connectivity index (χ1n) is 7.35. The maximum Gasteiger partial charge on any atom is 0.158 e. The smallest absolute Gasteiger partial charge is 0.158 e. The lowest BCUT2D eigenvalue weighted by Gasteiger charge is -2.19. The third-order valence-corrected chi connectivity index (χ3v) is 4.52. The molecule has 122 valence electrons. The fourth-order valence-corrected chi connectivity index (χ4v) is 3.27. The number of para-hydroxylation sites is 1. The number of nitrogens with zero attached hydrogens (tertiary/aromatic N) is 6. The Hall–Kier alpha value is -3.36. The molecule has 0 aliphatic heterocycles. The number of aromatic nitrogens is 3. The average molecular weight is 347 g/mol. The predicted octanol–water partition coefficient (Wildman–Crippen LogP) is 2.61. The highest BCUT2D eigenvalue weighted by Crippen LogP contribution is 2.36. The van der Waals surface area contributed by atoms with E-state index in [1.54, 1.807) is 6.20 Å². The molecule has 0 radical (unpaired) electrons. The summed E-state index contributed by atoms with van der Waals surface area (Å²) >= 11 is 1.38. The van der Waals surface area contributed by atoms with Crippen molar-refractivity contribution in [1.29, 1.82) is 10.5 Å². The van der Waals surface area contributed by atoms with Crippen LogP contribution in [-0.4, -0.2) is 28.0 Å². The van der Waals surface area contributed by atoms with E-state index in [0.717, 1.165) is 15.8 Å². The standard InChI is InChI=1S/C17H13N7S/c18-6-9-24(10-7-19)16-14(20)17(23-11-22-16)25-13-5-1-3-12-4-2-8-21-15(12)13/h1-5,8,11H,9-10,20H2. The molecule has 0 saturated carbocycles. The van der Waals surface area contributed by atoms with Crippen molar-refractivity contribution in [3.8, 4) is 12.1 Å². The number of pyridine rings is 1. The van der Waals surface area contributed by atoms with Crippen LogP contribution in [0, 0.1) is 22.7 Å². The Morgan fingerprint density at radius 2 is 1.80 bits per heavy atom. The Balaban J connectivity index is 2.00. The van der Waals surface area contributed by atoms with Gasteiger partial charge in [0.2, 0.25) is 0 Å². The third kappa shape index (κ3) is 3.44. The van der Waals surface area contributed by atoms with Crippen LogP contribution in [0.5, 0.6) is 0 Å². The summed E-state index contributed by atoms with van der Waals surface area (Å²) in [6.07, 6.45) is 3.12. The number of hydrogen-bond donors (Lipinski definition) is 1.